The summed E-state index contributed by atoms with van der Waals surface area (Å²) in [5, 5.41) is 0.179. The molecule has 0 unspecified atom stereocenters. The minimum absolute atomic E-state index is 0.0760. The number of methoxy groups -OCH3 is 1. The standard InChI is InChI=1S/C22H38O4Si2/c1-21(2,3)27(8,9)25-18-13-14-19(26-28(10,11)22(4,5)6)17(16-18)12-15-20(23)24-7/h12-16H,1-11H3. The van der Waals surface area contributed by atoms with Gasteiger partial charge in [0.1, 0.15) is 11.5 Å². The van der Waals surface area contributed by atoms with Crippen LogP contribution in [0.25, 0.3) is 6.08 Å². The number of carbonyl (C=O) groups excluding carboxylic acids is 1. The minimum atomic E-state index is -2.02. The monoisotopic (exact) mass is 422 g/mol. The third-order valence-electron chi connectivity index (χ3n) is 5.93. The molecule has 0 fully saturated rings. The highest BCUT2D eigenvalue weighted by atomic mass is 28.4. The molecule has 0 saturated carbocycles. The molecule has 0 amide bonds. The molecule has 0 radical (unpaired) electrons. The second-order valence-corrected chi connectivity index (χ2v) is 19.7. The number of carbonyl (C=O) groups is 1. The predicted molar refractivity (Wildman–Crippen MR) is 123 cm³/mol. The summed E-state index contributed by atoms with van der Waals surface area (Å²) < 4.78 is 17.7. The molecule has 0 aromatic heterocycles. The van der Waals surface area contributed by atoms with Crippen molar-refractivity contribution in [2.75, 3.05) is 7.11 Å². The van der Waals surface area contributed by atoms with Crippen molar-refractivity contribution in [1.29, 1.82) is 0 Å². The molecule has 28 heavy (non-hydrogen) atoms. The molecule has 0 aliphatic rings. The Morgan fingerprint density at radius 2 is 1.39 bits per heavy atom. The zero-order valence-corrected chi connectivity index (χ0v) is 21.5. The fraction of sp³-hybridized carbons (Fsp3) is 0.591. The molecule has 0 aliphatic heterocycles. The molecule has 1 rings (SSSR count). The summed E-state index contributed by atoms with van der Waals surface area (Å²) in [7, 11) is -2.61. The van der Waals surface area contributed by atoms with Crippen LogP contribution in [0.4, 0.5) is 0 Å². The van der Waals surface area contributed by atoms with Gasteiger partial charge in [-0.15, -0.1) is 0 Å². The van der Waals surface area contributed by atoms with Gasteiger partial charge >= 0.3 is 5.97 Å². The van der Waals surface area contributed by atoms with E-state index in [0.717, 1.165) is 17.1 Å². The molecule has 0 saturated heterocycles. The highest BCUT2D eigenvalue weighted by Crippen LogP contribution is 2.41. The van der Waals surface area contributed by atoms with E-state index in [-0.39, 0.29) is 10.1 Å². The first-order chi connectivity index (χ1) is 12.5. The number of benzene rings is 1. The summed E-state index contributed by atoms with van der Waals surface area (Å²) in [6.45, 7) is 22.1. The average Bonchev–Trinajstić information content (AvgIpc) is 2.51. The largest absolute Gasteiger partial charge is 0.543 e. The Morgan fingerprint density at radius 3 is 1.86 bits per heavy atom. The van der Waals surface area contributed by atoms with E-state index in [1.165, 1.54) is 13.2 Å². The van der Waals surface area contributed by atoms with Gasteiger partial charge in [-0.3, -0.25) is 0 Å². The van der Waals surface area contributed by atoms with Crippen molar-refractivity contribution < 1.29 is 18.4 Å². The van der Waals surface area contributed by atoms with E-state index < -0.39 is 22.6 Å². The van der Waals surface area contributed by atoms with Crippen molar-refractivity contribution in [3.05, 3.63) is 29.8 Å². The molecule has 0 bridgehead atoms. The Balaban J connectivity index is 3.34. The molecule has 0 spiro atoms. The van der Waals surface area contributed by atoms with Crippen LogP contribution in [-0.2, 0) is 9.53 Å². The van der Waals surface area contributed by atoms with Gasteiger partial charge in [0.25, 0.3) is 8.32 Å². The van der Waals surface area contributed by atoms with E-state index >= 15 is 0 Å². The number of rotatable bonds is 6. The maximum atomic E-state index is 11.6. The zero-order valence-electron chi connectivity index (χ0n) is 19.5. The number of hydrogen-bond donors (Lipinski definition) is 0. The third-order valence-corrected chi connectivity index (χ3v) is 14.6. The van der Waals surface area contributed by atoms with Gasteiger partial charge in [0.2, 0.25) is 8.32 Å². The van der Waals surface area contributed by atoms with Crippen LogP contribution in [0.1, 0.15) is 47.1 Å². The van der Waals surface area contributed by atoms with Crippen LogP contribution in [0.15, 0.2) is 24.3 Å². The van der Waals surface area contributed by atoms with Gasteiger partial charge in [-0.2, -0.15) is 0 Å². The second-order valence-electron chi connectivity index (χ2n) is 10.3. The summed E-state index contributed by atoms with van der Waals surface area (Å²) in [6.07, 6.45) is 3.16. The van der Waals surface area contributed by atoms with E-state index in [2.05, 4.69) is 67.7 Å². The highest BCUT2D eigenvalue weighted by Gasteiger charge is 2.40. The topological polar surface area (TPSA) is 44.8 Å². The third kappa shape index (κ3) is 6.24. The Bertz CT molecular complexity index is 723. The van der Waals surface area contributed by atoms with Crippen molar-refractivity contribution in [1.82, 2.24) is 0 Å². The van der Waals surface area contributed by atoms with E-state index in [0.29, 0.717) is 0 Å². The number of ether oxygens (including phenoxy) is 1. The van der Waals surface area contributed by atoms with Gasteiger partial charge in [-0.1, -0.05) is 41.5 Å². The fourth-order valence-corrected chi connectivity index (χ4v) is 3.98. The van der Waals surface area contributed by atoms with Crippen LogP contribution in [0.5, 0.6) is 11.5 Å². The van der Waals surface area contributed by atoms with Crippen LogP contribution in [-0.4, -0.2) is 29.7 Å². The maximum Gasteiger partial charge on any atom is 0.330 e. The molecule has 4 nitrogen and oxygen atoms in total. The summed E-state index contributed by atoms with van der Waals surface area (Å²) in [5.74, 6) is 1.18. The predicted octanol–water partition coefficient (Wildman–Crippen LogP) is 6.64. The first kappa shape index (κ1) is 24.5. The number of hydrogen-bond acceptors (Lipinski definition) is 4. The van der Waals surface area contributed by atoms with Crippen molar-refractivity contribution in [3.63, 3.8) is 0 Å². The van der Waals surface area contributed by atoms with Gasteiger partial charge < -0.3 is 13.6 Å². The van der Waals surface area contributed by atoms with E-state index in [1.54, 1.807) is 6.08 Å². The Labute approximate surface area is 173 Å². The SMILES string of the molecule is COC(=O)C=Cc1cc(O[Si](C)(C)C(C)(C)C)ccc1O[Si](C)(C)C(C)(C)C. The minimum Gasteiger partial charge on any atom is -0.543 e. The quantitative estimate of drug-likeness (QED) is 0.293. The van der Waals surface area contributed by atoms with Crippen LogP contribution < -0.4 is 8.85 Å². The maximum absolute atomic E-state index is 11.6. The lowest BCUT2D eigenvalue weighted by molar-refractivity contribution is -0.134. The highest BCUT2D eigenvalue weighted by molar-refractivity contribution is 6.75. The first-order valence-corrected chi connectivity index (χ1v) is 15.6. The zero-order chi connectivity index (χ0) is 22.0. The molecule has 0 N–H and O–H groups in total. The summed E-state index contributed by atoms with van der Waals surface area (Å²) in [5.41, 5.74) is 0.825. The normalized spacial score (nSPS) is 13.5. The number of esters is 1. The van der Waals surface area contributed by atoms with Gasteiger partial charge in [-0.05, 0) is 60.5 Å². The molecule has 0 atom stereocenters. The van der Waals surface area contributed by atoms with Gasteiger partial charge in [-0.25, -0.2) is 4.79 Å². The Hall–Kier alpha value is -1.54. The van der Waals surface area contributed by atoms with Crippen molar-refractivity contribution in [2.24, 2.45) is 0 Å². The van der Waals surface area contributed by atoms with Crippen molar-refractivity contribution in [2.45, 2.75) is 77.8 Å². The molecule has 0 aliphatic carbocycles. The fourth-order valence-electron chi connectivity index (χ4n) is 1.91. The molecule has 0 heterocycles. The molecular weight excluding hydrogens is 384 g/mol. The van der Waals surface area contributed by atoms with Crippen LogP contribution in [0.2, 0.25) is 36.3 Å². The van der Waals surface area contributed by atoms with Crippen LogP contribution in [0, 0.1) is 0 Å². The lowest BCUT2D eigenvalue weighted by Crippen LogP contribution is -2.44. The smallest absolute Gasteiger partial charge is 0.330 e. The molecule has 6 heteroatoms. The molecule has 1 aromatic rings. The van der Waals surface area contributed by atoms with Crippen LogP contribution >= 0.6 is 0 Å². The summed E-state index contributed by atoms with van der Waals surface area (Å²) >= 11 is 0. The van der Waals surface area contributed by atoms with Crippen molar-refractivity contribution in [3.8, 4) is 11.5 Å². The van der Waals surface area contributed by atoms with E-state index in [9.17, 15) is 4.79 Å². The summed E-state index contributed by atoms with van der Waals surface area (Å²) in [6, 6.07) is 5.89. The molecular formula is C22H38O4Si2. The first-order valence-electron chi connectivity index (χ1n) is 9.78. The second kappa shape index (κ2) is 8.45. The van der Waals surface area contributed by atoms with Gasteiger partial charge in [0, 0.05) is 11.6 Å². The van der Waals surface area contributed by atoms with Gasteiger partial charge in [0.05, 0.1) is 7.11 Å². The van der Waals surface area contributed by atoms with E-state index in [1.807, 2.05) is 18.2 Å². The van der Waals surface area contributed by atoms with Crippen molar-refractivity contribution >= 4 is 28.7 Å². The average molecular weight is 423 g/mol. The summed E-state index contributed by atoms with van der Waals surface area (Å²) in [4.78, 5) is 11.6. The Kier molecular flexibility index (Phi) is 7.40. The molecule has 158 valence electrons. The van der Waals surface area contributed by atoms with E-state index in [4.69, 9.17) is 13.6 Å². The van der Waals surface area contributed by atoms with Crippen LogP contribution in [0.3, 0.4) is 0 Å². The lowest BCUT2D eigenvalue weighted by Gasteiger charge is -2.38. The van der Waals surface area contributed by atoms with Gasteiger partial charge in [0.15, 0.2) is 0 Å². The lowest BCUT2D eigenvalue weighted by atomic mass is 10.2. The molecule has 1 aromatic carbocycles. The Morgan fingerprint density at radius 1 is 0.893 bits per heavy atom.